The SMILES string of the molecule is C#CC(=C)CC1(c2nc(-c3ccc(C(=O)Nc4cc(C(F)(F)F)ccn4)cc3)c3c(N)nccn23)CCCN(C(=O)C2(C)COC2)C1. The van der Waals surface area contributed by atoms with Crippen LogP contribution in [-0.2, 0) is 21.1 Å². The third-order valence-corrected chi connectivity index (χ3v) is 8.78. The number of amides is 2. The highest BCUT2D eigenvalue weighted by molar-refractivity contribution is 6.04. The number of halogens is 3. The average molecular weight is 644 g/mol. The van der Waals surface area contributed by atoms with Gasteiger partial charge in [-0.1, -0.05) is 24.6 Å². The maximum absolute atomic E-state index is 13.6. The second-order valence-electron chi connectivity index (χ2n) is 12.4. The zero-order chi connectivity index (χ0) is 33.6. The molecule has 2 aliphatic heterocycles. The first kappa shape index (κ1) is 31.7. The molecule has 0 aliphatic carbocycles. The first-order chi connectivity index (χ1) is 22.3. The number of aromatic nitrogens is 4. The van der Waals surface area contributed by atoms with Crippen LogP contribution in [0.15, 0.2) is 67.1 Å². The largest absolute Gasteiger partial charge is 0.416 e. The van der Waals surface area contributed by atoms with E-state index in [4.69, 9.17) is 21.9 Å². The summed E-state index contributed by atoms with van der Waals surface area (Å²) in [5.41, 5.74) is 6.67. The highest BCUT2D eigenvalue weighted by Crippen LogP contribution is 2.43. The number of rotatable bonds is 7. The third kappa shape index (κ3) is 5.92. The summed E-state index contributed by atoms with van der Waals surface area (Å²) in [6.07, 6.45) is 7.33. The molecule has 3 aromatic heterocycles. The van der Waals surface area contributed by atoms with Crippen LogP contribution in [-0.4, -0.2) is 62.4 Å². The van der Waals surface area contributed by atoms with E-state index in [1.165, 1.54) is 12.1 Å². The Morgan fingerprint density at radius 2 is 1.91 bits per heavy atom. The molecule has 47 heavy (non-hydrogen) atoms. The number of benzene rings is 1. The zero-order valence-corrected chi connectivity index (χ0v) is 25.6. The van der Waals surface area contributed by atoms with Crippen LogP contribution >= 0.6 is 0 Å². The maximum atomic E-state index is 13.6. The number of piperidine rings is 1. The lowest BCUT2D eigenvalue weighted by Gasteiger charge is -2.47. The van der Waals surface area contributed by atoms with Gasteiger partial charge in [-0.3, -0.25) is 14.0 Å². The zero-order valence-electron chi connectivity index (χ0n) is 25.6. The second kappa shape index (κ2) is 11.9. The van der Waals surface area contributed by atoms with Gasteiger partial charge >= 0.3 is 6.18 Å². The Morgan fingerprint density at radius 1 is 1.17 bits per heavy atom. The molecule has 0 saturated carbocycles. The van der Waals surface area contributed by atoms with E-state index in [9.17, 15) is 22.8 Å². The molecule has 1 unspecified atom stereocenters. The molecule has 2 aliphatic rings. The fourth-order valence-corrected chi connectivity index (χ4v) is 6.37. The van der Waals surface area contributed by atoms with Gasteiger partial charge in [-0.05, 0) is 56.0 Å². The summed E-state index contributed by atoms with van der Waals surface area (Å²) in [4.78, 5) is 41.7. The van der Waals surface area contributed by atoms with Gasteiger partial charge in [0.1, 0.15) is 28.7 Å². The quantitative estimate of drug-likeness (QED) is 0.268. The number of pyridine rings is 1. The Morgan fingerprint density at radius 3 is 2.57 bits per heavy atom. The smallest absolute Gasteiger partial charge is 0.382 e. The van der Waals surface area contributed by atoms with Crippen LogP contribution in [0.1, 0.15) is 47.9 Å². The summed E-state index contributed by atoms with van der Waals surface area (Å²) in [6, 6.07) is 8.02. The number of likely N-dealkylation sites (tertiary alicyclic amines) is 1. The van der Waals surface area contributed by atoms with Crippen molar-refractivity contribution in [3.63, 3.8) is 0 Å². The van der Waals surface area contributed by atoms with Crippen LogP contribution in [0.5, 0.6) is 0 Å². The molecule has 2 amide bonds. The summed E-state index contributed by atoms with van der Waals surface area (Å²) in [5, 5.41) is 2.41. The standard InChI is InChI=1S/C34H32F3N7O3/c1-4-21(2)17-33(11-5-14-43(18-33)31(46)32(3)19-47-20-32)30-42-26(27-28(38)40-13-15-44(27)30)22-6-8-23(9-7-22)29(45)41-25-16-24(10-12-39-25)34(35,36)37/h1,6-10,12-13,15-16H,2,5,11,14,17-20H2,3H3,(H2,38,40)(H,39,41,45). The van der Waals surface area contributed by atoms with Crippen molar-refractivity contribution < 1.29 is 27.5 Å². The predicted molar refractivity (Wildman–Crippen MR) is 169 cm³/mol. The lowest BCUT2D eigenvalue weighted by molar-refractivity contribution is -0.171. The fourth-order valence-electron chi connectivity index (χ4n) is 6.37. The van der Waals surface area contributed by atoms with Crippen molar-refractivity contribution >= 4 is 29.0 Å². The average Bonchev–Trinajstić information content (AvgIpc) is 3.45. The summed E-state index contributed by atoms with van der Waals surface area (Å²) < 4.78 is 46.6. The van der Waals surface area contributed by atoms with E-state index in [-0.39, 0.29) is 23.1 Å². The van der Waals surface area contributed by atoms with E-state index in [2.05, 4.69) is 27.8 Å². The normalized spacial score (nSPS) is 19.1. The van der Waals surface area contributed by atoms with Gasteiger partial charge in [-0.25, -0.2) is 15.0 Å². The van der Waals surface area contributed by atoms with E-state index in [1.807, 2.05) is 16.2 Å². The molecule has 0 radical (unpaired) electrons. The minimum atomic E-state index is -4.57. The van der Waals surface area contributed by atoms with Crippen LogP contribution in [0.3, 0.4) is 0 Å². The van der Waals surface area contributed by atoms with Gasteiger partial charge in [0, 0.05) is 42.8 Å². The Hall–Kier alpha value is -5.22. The van der Waals surface area contributed by atoms with Crippen molar-refractivity contribution in [2.24, 2.45) is 5.41 Å². The number of nitrogen functional groups attached to an aromatic ring is 1. The second-order valence-corrected chi connectivity index (χ2v) is 12.4. The third-order valence-electron chi connectivity index (χ3n) is 8.78. The molecule has 10 nitrogen and oxygen atoms in total. The molecular weight excluding hydrogens is 611 g/mol. The number of carbonyl (C=O) groups is 2. The lowest BCUT2D eigenvalue weighted by atomic mass is 9.73. The molecule has 6 rings (SSSR count). The fraction of sp³-hybridized carbons (Fsp3) is 0.324. The van der Waals surface area contributed by atoms with Crippen LogP contribution < -0.4 is 11.1 Å². The Bertz CT molecular complexity index is 1930. The minimum absolute atomic E-state index is 0.0237. The molecule has 2 saturated heterocycles. The number of hydrogen-bond donors (Lipinski definition) is 2. The van der Waals surface area contributed by atoms with Gasteiger partial charge in [-0.15, -0.1) is 6.42 Å². The maximum Gasteiger partial charge on any atom is 0.416 e. The Balaban J connectivity index is 1.36. The highest BCUT2D eigenvalue weighted by atomic mass is 19.4. The molecule has 3 N–H and O–H groups in total. The molecular formula is C34H32F3N7O3. The number of nitrogens with two attached hydrogens (primary N) is 1. The van der Waals surface area contributed by atoms with Crippen LogP contribution in [0.4, 0.5) is 24.8 Å². The Kier molecular flexibility index (Phi) is 8.01. The van der Waals surface area contributed by atoms with Crippen molar-refractivity contribution in [3.8, 4) is 23.6 Å². The number of hydrogen-bond acceptors (Lipinski definition) is 7. The van der Waals surface area contributed by atoms with Crippen molar-refractivity contribution in [3.05, 3.63) is 84.1 Å². The molecule has 2 fully saturated rings. The molecule has 1 atom stereocenters. The molecule has 1 aromatic carbocycles. The van der Waals surface area contributed by atoms with Crippen molar-refractivity contribution in [1.29, 1.82) is 0 Å². The minimum Gasteiger partial charge on any atom is -0.382 e. The summed E-state index contributed by atoms with van der Waals surface area (Å²) in [7, 11) is 0. The van der Waals surface area contributed by atoms with Crippen LogP contribution in [0.25, 0.3) is 16.8 Å². The molecule has 13 heteroatoms. The van der Waals surface area contributed by atoms with Gasteiger partial charge in [0.05, 0.1) is 29.6 Å². The highest BCUT2D eigenvalue weighted by Gasteiger charge is 2.48. The number of nitrogens with zero attached hydrogens (tertiary/aromatic N) is 5. The first-order valence-corrected chi connectivity index (χ1v) is 14.9. The van der Waals surface area contributed by atoms with E-state index >= 15 is 0 Å². The monoisotopic (exact) mass is 643 g/mol. The van der Waals surface area contributed by atoms with Gasteiger partial charge in [-0.2, -0.15) is 13.2 Å². The van der Waals surface area contributed by atoms with Crippen molar-refractivity contribution in [2.75, 3.05) is 37.4 Å². The number of nitrogens with one attached hydrogen (secondary N) is 1. The topological polar surface area (TPSA) is 128 Å². The van der Waals surface area contributed by atoms with Crippen LogP contribution in [0.2, 0.25) is 0 Å². The summed E-state index contributed by atoms with van der Waals surface area (Å²) in [6.45, 7) is 7.70. The predicted octanol–water partition coefficient (Wildman–Crippen LogP) is 5.12. The Labute approximate surface area is 268 Å². The molecule has 5 heterocycles. The van der Waals surface area contributed by atoms with Gasteiger partial charge in [0.2, 0.25) is 5.91 Å². The number of alkyl halides is 3. The first-order valence-electron chi connectivity index (χ1n) is 14.9. The number of anilines is 2. The van der Waals surface area contributed by atoms with Gasteiger partial charge < -0.3 is 20.7 Å². The number of allylic oxidation sites excluding steroid dienone is 1. The number of terminal acetylenes is 1. The number of ether oxygens (including phenoxy) is 1. The molecule has 4 aromatic rings. The number of fused-ring (bicyclic) bond motifs is 1. The number of imidazole rings is 1. The van der Waals surface area contributed by atoms with E-state index in [1.54, 1.807) is 24.5 Å². The van der Waals surface area contributed by atoms with Gasteiger partial charge in [0.15, 0.2) is 0 Å². The van der Waals surface area contributed by atoms with E-state index in [0.717, 1.165) is 24.8 Å². The van der Waals surface area contributed by atoms with Gasteiger partial charge in [0.25, 0.3) is 5.91 Å². The lowest BCUT2D eigenvalue weighted by Crippen LogP contribution is -2.58. The molecule has 0 bridgehead atoms. The van der Waals surface area contributed by atoms with Crippen molar-refractivity contribution in [2.45, 2.75) is 37.8 Å². The molecule has 242 valence electrons. The molecule has 0 spiro atoms. The summed E-state index contributed by atoms with van der Waals surface area (Å²) in [5.74, 6) is 2.70. The van der Waals surface area contributed by atoms with E-state index < -0.39 is 28.5 Å². The summed E-state index contributed by atoms with van der Waals surface area (Å²) >= 11 is 0. The van der Waals surface area contributed by atoms with Crippen LogP contribution in [0, 0.1) is 17.8 Å². The number of carbonyl (C=O) groups excluding carboxylic acids is 2. The van der Waals surface area contributed by atoms with E-state index in [0.29, 0.717) is 67.3 Å². The van der Waals surface area contributed by atoms with Crippen molar-refractivity contribution in [1.82, 2.24) is 24.3 Å².